The van der Waals surface area contributed by atoms with E-state index in [0.717, 1.165) is 46.0 Å². The lowest BCUT2D eigenvalue weighted by molar-refractivity contribution is -0.129. The van der Waals surface area contributed by atoms with Crippen molar-refractivity contribution in [3.63, 3.8) is 0 Å². The van der Waals surface area contributed by atoms with Crippen molar-refractivity contribution in [2.45, 2.75) is 50.7 Å². The fraction of sp³-hybridized carbons (Fsp3) is 0.455. The fourth-order valence-corrected chi connectivity index (χ4v) is 6.53. The summed E-state index contributed by atoms with van der Waals surface area (Å²) in [5.74, 6) is 1.02. The van der Waals surface area contributed by atoms with Gasteiger partial charge in [-0.15, -0.1) is 23.1 Å². The molecule has 2 aromatic rings. The van der Waals surface area contributed by atoms with Gasteiger partial charge >= 0.3 is 0 Å². The van der Waals surface area contributed by atoms with E-state index in [0.29, 0.717) is 12.3 Å². The van der Waals surface area contributed by atoms with Crippen LogP contribution in [0.25, 0.3) is 10.4 Å². The smallest absolute Gasteiger partial charge is 0.245 e. The predicted octanol–water partition coefficient (Wildman–Crippen LogP) is 5.41. The van der Waals surface area contributed by atoms with Crippen LogP contribution >= 0.6 is 23.1 Å². The van der Waals surface area contributed by atoms with Gasteiger partial charge < -0.3 is 5.32 Å². The summed E-state index contributed by atoms with van der Waals surface area (Å²) in [5.41, 5.74) is 3.64. The number of carbonyl (C=O) groups excluding carboxylic acids is 2. The first-order valence-electron chi connectivity index (χ1n) is 9.99. The molecule has 1 aromatic heterocycles. The Kier molecular flexibility index (Phi) is 7.38. The maximum atomic E-state index is 12.1. The third kappa shape index (κ3) is 5.62. The van der Waals surface area contributed by atoms with E-state index in [2.05, 4.69) is 17.4 Å². The van der Waals surface area contributed by atoms with Crippen molar-refractivity contribution in [3.8, 4) is 10.4 Å². The Labute approximate surface area is 180 Å². The number of rotatable bonds is 7. The Morgan fingerprint density at radius 2 is 2.00 bits per heavy atom. The highest BCUT2D eigenvalue weighted by atomic mass is 32.2. The molecule has 2 amide bonds. The zero-order valence-corrected chi connectivity index (χ0v) is 18.5. The average Bonchev–Trinajstić information content (AvgIpc) is 3.19. The second-order valence-corrected chi connectivity index (χ2v) is 10.5. The summed E-state index contributed by atoms with van der Waals surface area (Å²) in [6.45, 7) is 4.05. The molecule has 2 heterocycles. The molecule has 5 nitrogen and oxygen atoms in total. The zero-order chi connectivity index (χ0) is 20.9. The van der Waals surface area contributed by atoms with Gasteiger partial charge in [0, 0.05) is 28.3 Å². The van der Waals surface area contributed by atoms with E-state index in [4.69, 9.17) is 5.21 Å². The molecule has 156 valence electrons. The number of hydrogen-bond acceptors (Lipinski definition) is 5. The number of amides is 2. The lowest BCUT2D eigenvalue weighted by atomic mass is 9.94. The molecule has 1 fully saturated rings. The van der Waals surface area contributed by atoms with Crippen LogP contribution in [-0.4, -0.2) is 22.8 Å². The van der Waals surface area contributed by atoms with Gasteiger partial charge in [-0.3, -0.25) is 14.8 Å². The molecule has 1 saturated heterocycles. The lowest BCUT2D eigenvalue weighted by Gasteiger charge is -2.35. The average molecular weight is 433 g/mol. The fourth-order valence-electron chi connectivity index (χ4n) is 3.64. The Balaban J connectivity index is 1.82. The second kappa shape index (κ2) is 9.78. The highest BCUT2D eigenvalue weighted by molar-refractivity contribution is 8.00. The van der Waals surface area contributed by atoms with Gasteiger partial charge in [0.15, 0.2) is 0 Å². The second-order valence-electron chi connectivity index (χ2n) is 7.90. The molecule has 1 aliphatic heterocycles. The highest BCUT2D eigenvalue weighted by Crippen LogP contribution is 2.50. The number of benzene rings is 1. The Bertz CT molecular complexity index is 857. The van der Waals surface area contributed by atoms with Crippen LogP contribution in [0.2, 0.25) is 0 Å². The van der Waals surface area contributed by atoms with Crippen molar-refractivity contribution in [1.29, 1.82) is 0 Å². The maximum absolute atomic E-state index is 12.1. The minimum Gasteiger partial charge on any atom is -0.326 e. The minimum atomic E-state index is -0.343. The first-order chi connectivity index (χ1) is 13.9. The van der Waals surface area contributed by atoms with Gasteiger partial charge in [0.2, 0.25) is 11.8 Å². The van der Waals surface area contributed by atoms with Gasteiger partial charge in [0.05, 0.1) is 4.75 Å². The highest BCUT2D eigenvalue weighted by Gasteiger charge is 2.38. The Morgan fingerprint density at radius 1 is 1.17 bits per heavy atom. The largest absolute Gasteiger partial charge is 0.326 e. The number of anilines is 1. The molecule has 1 aliphatic rings. The van der Waals surface area contributed by atoms with E-state index in [9.17, 15) is 9.59 Å². The quantitative estimate of drug-likeness (QED) is 0.404. The summed E-state index contributed by atoms with van der Waals surface area (Å²) in [7, 11) is 0. The number of thioether (sulfide) groups is 1. The molecule has 7 heteroatoms. The van der Waals surface area contributed by atoms with Gasteiger partial charge in [-0.05, 0) is 54.3 Å². The minimum absolute atomic E-state index is 0.0246. The molecular weight excluding hydrogens is 404 g/mol. The number of thiophene rings is 1. The van der Waals surface area contributed by atoms with E-state index in [1.54, 1.807) is 16.8 Å². The van der Waals surface area contributed by atoms with Crippen LogP contribution < -0.4 is 10.8 Å². The molecule has 0 spiro atoms. The van der Waals surface area contributed by atoms with E-state index >= 15 is 0 Å². The topological polar surface area (TPSA) is 78.4 Å². The summed E-state index contributed by atoms with van der Waals surface area (Å²) in [6.07, 6.45) is 3.94. The molecule has 0 unspecified atom stereocenters. The molecule has 0 saturated carbocycles. The van der Waals surface area contributed by atoms with Crippen LogP contribution in [-0.2, 0) is 14.3 Å². The molecular formula is C22H28N2O3S2. The zero-order valence-electron chi connectivity index (χ0n) is 16.9. The Morgan fingerprint density at radius 3 is 2.69 bits per heavy atom. The predicted molar refractivity (Wildman–Crippen MR) is 120 cm³/mol. The van der Waals surface area contributed by atoms with E-state index in [1.165, 1.54) is 0 Å². The van der Waals surface area contributed by atoms with Crippen molar-refractivity contribution in [1.82, 2.24) is 5.48 Å². The summed E-state index contributed by atoms with van der Waals surface area (Å²) >= 11 is 3.50. The van der Waals surface area contributed by atoms with Gasteiger partial charge in [0.25, 0.3) is 0 Å². The van der Waals surface area contributed by atoms with E-state index in [-0.39, 0.29) is 23.0 Å². The molecule has 0 aliphatic carbocycles. The van der Waals surface area contributed by atoms with Crippen molar-refractivity contribution in [3.05, 3.63) is 41.3 Å². The molecule has 3 N–H and O–H groups in total. The normalized spacial score (nSPS) is 19.2. The first kappa shape index (κ1) is 21.9. The van der Waals surface area contributed by atoms with Gasteiger partial charge in [-0.2, -0.15) is 0 Å². The van der Waals surface area contributed by atoms with Gasteiger partial charge in [-0.25, -0.2) is 5.48 Å². The molecule has 29 heavy (non-hydrogen) atoms. The van der Waals surface area contributed by atoms with Crippen LogP contribution in [0.3, 0.4) is 0 Å². The van der Waals surface area contributed by atoms with Gasteiger partial charge in [0.1, 0.15) is 0 Å². The molecule has 1 atom stereocenters. The van der Waals surface area contributed by atoms with Crippen LogP contribution in [0, 0.1) is 5.92 Å². The monoisotopic (exact) mass is 432 g/mol. The SMILES string of the molecule is CC(C)CC(=O)Nc1cccc(-c2ccc([C@@]3(CC(=O)NO)CCCCS3)s2)c1. The molecule has 0 radical (unpaired) electrons. The van der Waals surface area contributed by atoms with Gasteiger partial charge in [-0.1, -0.05) is 32.4 Å². The lowest BCUT2D eigenvalue weighted by Crippen LogP contribution is -2.32. The summed E-state index contributed by atoms with van der Waals surface area (Å²) in [4.78, 5) is 26.3. The molecule has 0 bridgehead atoms. The van der Waals surface area contributed by atoms with Crippen molar-refractivity contribution < 1.29 is 14.8 Å². The number of nitrogens with one attached hydrogen (secondary N) is 2. The summed E-state index contributed by atoms with van der Waals surface area (Å²) < 4.78 is -0.281. The third-order valence-electron chi connectivity index (χ3n) is 5.00. The summed E-state index contributed by atoms with van der Waals surface area (Å²) in [6, 6.07) is 12.1. The maximum Gasteiger partial charge on any atom is 0.245 e. The van der Waals surface area contributed by atoms with Crippen molar-refractivity contribution >= 4 is 40.6 Å². The van der Waals surface area contributed by atoms with Crippen LogP contribution in [0.15, 0.2) is 36.4 Å². The summed E-state index contributed by atoms with van der Waals surface area (Å²) in [5, 5.41) is 12.0. The number of hydrogen-bond donors (Lipinski definition) is 3. The van der Waals surface area contributed by atoms with Crippen LogP contribution in [0.5, 0.6) is 0 Å². The molecule has 3 rings (SSSR count). The molecule has 1 aromatic carbocycles. The Hall–Kier alpha value is -1.83. The number of carbonyl (C=O) groups is 2. The first-order valence-corrected chi connectivity index (χ1v) is 11.8. The van der Waals surface area contributed by atoms with Crippen LogP contribution in [0.4, 0.5) is 5.69 Å². The third-order valence-corrected chi connectivity index (χ3v) is 8.09. The van der Waals surface area contributed by atoms with E-state index < -0.39 is 0 Å². The van der Waals surface area contributed by atoms with Crippen molar-refractivity contribution in [2.24, 2.45) is 5.92 Å². The van der Waals surface area contributed by atoms with Crippen molar-refractivity contribution in [2.75, 3.05) is 11.1 Å². The van der Waals surface area contributed by atoms with E-state index in [1.807, 2.05) is 49.9 Å². The van der Waals surface area contributed by atoms with Crippen LogP contribution in [0.1, 0.15) is 50.8 Å². The number of hydroxylamine groups is 1. The standard InChI is InChI=1S/C22H28N2O3S2/c1-15(2)12-20(25)23-17-7-5-6-16(13-17)18-8-9-19(29-18)22(14-21(26)24-27)10-3-4-11-28-22/h5-9,13,15,27H,3-4,10-12,14H2,1-2H3,(H,23,25)(H,24,26)/t22-/m0/s1.